The number of nitrogens with two attached hydrogens (primary N) is 1. The molecule has 1 saturated heterocycles. The van der Waals surface area contributed by atoms with Crippen molar-refractivity contribution in [2.75, 3.05) is 25.4 Å². The first-order chi connectivity index (χ1) is 9.48. The number of likely N-dealkylation sites (tertiary alicyclic amines) is 1. The van der Waals surface area contributed by atoms with Gasteiger partial charge in [0.05, 0.1) is 5.69 Å². The molecule has 2 rings (SSSR count). The zero-order chi connectivity index (χ0) is 14.6. The first-order valence-corrected chi connectivity index (χ1v) is 7.23. The highest BCUT2D eigenvalue weighted by atomic mass is 16.5. The van der Waals surface area contributed by atoms with Crippen molar-refractivity contribution in [1.29, 1.82) is 0 Å². The van der Waals surface area contributed by atoms with Crippen molar-refractivity contribution < 1.29 is 9.53 Å². The zero-order valence-corrected chi connectivity index (χ0v) is 12.4. The fourth-order valence-corrected chi connectivity index (χ4v) is 2.52. The maximum atomic E-state index is 12.2. The second-order valence-corrected chi connectivity index (χ2v) is 6.23. The van der Waals surface area contributed by atoms with E-state index in [0.717, 1.165) is 25.9 Å². The minimum Gasteiger partial charge on any atom is -0.482 e. The zero-order valence-electron chi connectivity index (χ0n) is 12.4. The Labute approximate surface area is 120 Å². The minimum absolute atomic E-state index is 0.0472. The Morgan fingerprint density at radius 3 is 2.80 bits per heavy atom. The summed E-state index contributed by atoms with van der Waals surface area (Å²) in [6.07, 6.45) is 3.28. The lowest BCUT2D eigenvalue weighted by molar-refractivity contribution is -0.133. The highest BCUT2D eigenvalue weighted by molar-refractivity contribution is 5.78. The molecular weight excluding hydrogens is 252 g/mol. The van der Waals surface area contributed by atoms with Crippen molar-refractivity contribution in [1.82, 2.24) is 4.90 Å². The number of nitrogens with zero attached hydrogens (tertiary/aromatic N) is 1. The number of nitrogen functional groups attached to an aromatic ring is 1. The van der Waals surface area contributed by atoms with Crippen molar-refractivity contribution in [3.8, 4) is 5.75 Å². The number of carbonyl (C=O) groups excluding carboxylic acids is 1. The average Bonchev–Trinajstić information content (AvgIpc) is 2.58. The van der Waals surface area contributed by atoms with Crippen LogP contribution in [0.25, 0.3) is 0 Å². The van der Waals surface area contributed by atoms with Gasteiger partial charge in [-0.05, 0) is 36.8 Å². The molecule has 0 bridgehead atoms. The standard InChI is InChI=1S/C16H24N2O2/c1-16(2)8-5-10-18(11-9-16)15(19)12-20-14-7-4-3-6-13(14)17/h3-4,6-7H,5,8-12,17H2,1-2H3. The molecule has 1 amide bonds. The van der Waals surface area contributed by atoms with Crippen molar-refractivity contribution in [2.45, 2.75) is 33.1 Å². The first kappa shape index (κ1) is 14.7. The number of rotatable bonds is 3. The van der Waals surface area contributed by atoms with Crippen molar-refractivity contribution in [3.05, 3.63) is 24.3 Å². The first-order valence-electron chi connectivity index (χ1n) is 7.23. The molecule has 0 aromatic heterocycles. The SMILES string of the molecule is CC1(C)CCCN(C(=O)COc2ccccc2N)CC1. The number of carbonyl (C=O) groups is 1. The lowest BCUT2D eigenvalue weighted by Crippen LogP contribution is -2.36. The molecule has 1 heterocycles. The normalized spacial score (nSPS) is 18.4. The van der Waals surface area contributed by atoms with Crippen LogP contribution in [0.15, 0.2) is 24.3 Å². The minimum atomic E-state index is 0.0472. The Morgan fingerprint density at radius 1 is 1.30 bits per heavy atom. The highest BCUT2D eigenvalue weighted by Crippen LogP contribution is 2.29. The van der Waals surface area contributed by atoms with Gasteiger partial charge in [0.2, 0.25) is 0 Å². The van der Waals surface area contributed by atoms with Gasteiger partial charge in [0.15, 0.2) is 6.61 Å². The quantitative estimate of drug-likeness (QED) is 0.864. The lowest BCUT2D eigenvalue weighted by atomic mass is 9.85. The second-order valence-electron chi connectivity index (χ2n) is 6.23. The van der Waals surface area contributed by atoms with Gasteiger partial charge in [-0.1, -0.05) is 26.0 Å². The van der Waals surface area contributed by atoms with E-state index >= 15 is 0 Å². The molecule has 4 nitrogen and oxygen atoms in total. The van der Waals surface area contributed by atoms with Gasteiger partial charge in [0, 0.05) is 13.1 Å². The molecule has 0 unspecified atom stereocenters. The average molecular weight is 276 g/mol. The molecule has 1 fully saturated rings. The van der Waals surface area contributed by atoms with Gasteiger partial charge in [0.25, 0.3) is 5.91 Å². The molecule has 0 spiro atoms. The molecule has 0 atom stereocenters. The summed E-state index contributed by atoms with van der Waals surface area (Å²) >= 11 is 0. The Bertz CT molecular complexity index is 471. The third-order valence-corrected chi connectivity index (χ3v) is 3.96. The number of hydrogen-bond donors (Lipinski definition) is 1. The monoisotopic (exact) mass is 276 g/mol. The molecule has 1 aromatic carbocycles. The predicted octanol–water partition coefficient (Wildman–Crippen LogP) is 2.69. The van der Waals surface area contributed by atoms with Crippen LogP contribution in [0.1, 0.15) is 33.1 Å². The number of anilines is 1. The van der Waals surface area contributed by atoms with Crippen LogP contribution in [-0.2, 0) is 4.79 Å². The Morgan fingerprint density at radius 2 is 2.05 bits per heavy atom. The number of amides is 1. The summed E-state index contributed by atoms with van der Waals surface area (Å²) < 4.78 is 5.53. The largest absolute Gasteiger partial charge is 0.482 e. The Kier molecular flexibility index (Phi) is 4.53. The van der Waals surface area contributed by atoms with Gasteiger partial charge < -0.3 is 15.4 Å². The molecule has 0 saturated carbocycles. The lowest BCUT2D eigenvalue weighted by Gasteiger charge is -2.23. The summed E-state index contributed by atoms with van der Waals surface area (Å²) in [4.78, 5) is 14.1. The van der Waals surface area contributed by atoms with Crippen molar-refractivity contribution in [3.63, 3.8) is 0 Å². The molecule has 4 heteroatoms. The summed E-state index contributed by atoms with van der Waals surface area (Å²) in [7, 11) is 0. The maximum Gasteiger partial charge on any atom is 0.260 e. The molecule has 1 aliphatic heterocycles. The van der Waals surface area contributed by atoms with E-state index < -0.39 is 0 Å². The second kappa shape index (κ2) is 6.16. The molecule has 2 N–H and O–H groups in total. The molecular formula is C16H24N2O2. The van der Waals surface area contributed by atoms with Gasteiger partial charge in [-0.25, -0.2) is 0 Å². The summed E-state index contributed by atoms with van der Waals surface area (Å²) in [6, 6.07) is 7.26. The Hall–Kier alpha value is -1.71. The van der Waals surface area contributed by atoms with Crippen molar-refractivity contribution in [2.24, 2.45) is 5.41 Å². The van der Waals surface area contributed by atoms with Gasteiger partial charge in [0.1, 0.15) is 5.75 Å². The van der Waals surface area contributed by atoms with Crippen LogP contribution in [0.2, 0.25) is 0 Å². The summed E-state index contributed by atoms with van der Waals surface area (Å²) in [5, 5.41) is 0. The summed E-state index contributed by atoms with van der Waals surface area (Å²) in [5.41, 5.74) is 6.70. The van der Waals surface area contributed by atoms with E-state index in [1.165, 1.54) is 6.42 Å². The van der Waals surface area contributed by atoms with E-state index in [-0.39, 0.29) is 12.5 Å². The number of benzene rings is 1. The predicted molar refractivity (Wildman–Crippen MR) is 80.6 cm³/mol. The van der Waals surface area contributed by atoms with Gasteiger partial charge in [-0.15, -0.1) is 0 Å². The molecule has 20 heavy (non-hydrogen) atoms. The van der Waals surface area contributed by atoms with Crippen LogP contribution in [0.5, 0.6) is 5.75 Å². The summed E-state index contributed by atoms with van der Waals surface area (Å²) in [6.45, 7) is 6.24. The van der Waals surface area contributed by atoms with Gasteiger partial charge in [-0.3, -0.25) is 4.79 Å². The molecule has 1 aromatic rings. The maximum absolute atomic E-state index is 12.2. The topological polar surface area (TPSA) is 55.6 Å². The molecule has 110 valence electrons. The third kappa shape index (κ3) is 3.89. The number of ether oxygens (including phenoxy) is 1. The highest BCUT2D eigenvalue weighted by Gasteiger charge is 2.25. The van der Waals surface area contributed by atoms with E-state index in [1.807, 2.05) is 17.0 Å². The van der Waals surface area contributed by atoms with Gasteiger partial charge >= 0.3 is 0 Å². The summed E-state index contributed by atoms with van der Waals surface area (Å²) in [5.74, 6) is 0.627. The van der Waals surface area contributed by atoms with Crippen LogP contribution < -0.4 is 10.5 Å². The van der Waals surface area contributed by atoms with E-state index in [2.05, 4.69) is 13.8 Å². The smallest absolute Gasteiger partial charge is 0.260 e. The molecule has 1 aliphatic rings. The number of para-hydroxylation sites is 2. The number of hydrogen-bond acceptors (Lipinski definition) is 3. The van der Waals surface area contributed by atoms with Crippen LogP contribution in [0.4, 0.5) is 5.69 Å². The third-order valence-electron chi connectivity index (χ3n) is 3.96. The fourth-order valence-electron chi connectivity index (χ4n) is 2.52. The van der Waals surface area contributed by atoms with Crippen molar-refractivity contribution >= 4 is 11.6 Å². The fraction of sp³-hybridized carbons (Fsp3) is 0.562. The van der Waals surface area contributed by atoms with E-state index in [0.29, 0.717) is 16.9 Å². The van der Waals surface area contributed by atoms with Gasteiger partial charge in [-0.2, -0.15) is 0 Å². The molecule has 0 radical (unpaired) electrons. The van der Waals surface area contributed by atoms with Crippen LogP contribution in [0, 0.1) is 5.41 Å². The van der Waals surface area contributed by atoms with E-state index in [9.17, 15) is 4.79 Å². The van der Waals surface area contributed by atoms with Crippen LogP contribution in [-0.4, -0.2) is 30.5 Å². The Balaban J connectivity index is 1.87. The van der Waals surface area contributed by atoms with Crippen LogP contribution in [0.3, 0.4) is 0 Å². The van der Waals surface area contributed by atoms with E-state index in [1.54, 1.807) is 12.1 Å². The molecule has 0 aliphatic carbocycles. The van der Waals surface area contributed by atoms with E-state index in [4.69, 9.17) is 10.5 Å². The van der Waals surface area contributed by atoms with Crippen LogP contribution >= 0.6 is 0 Å².